The van der Waals surface area contributed by atoms with E-state index in [1.54, 1.807) is 13.1 Å². The molecule has 1 amide bonds. The van der Waals surface area contributed by atoms with Crippen molar-refractivity contribution in [1.29, 1.82) is 0 Å². The molecule has 1 aliphatic rings. The summed E-state index contributed by atoms with van der Waals surface area (Å²) in [7, 11) is 3.00. The van der Waals surface area contributed by atoms with Crippen LogP contribution < -0.4 is 15.4 Å². The fourth-order valence-corrected chi connectivity index (χ4v) is 2.49. The van der Waals surface area contributed by atoms with Crippen LogP contribution >= 0.6 is 12.4 Å². The molecule has 2 rings (SSSR count). The van der Waals surface area contributed by atoms with Crippen molar-refractivity contribution in [3.8, 4) is 5.75 Å². The molecule has 0 aromatic heterocycles. The second-order valence-electron chi connectivity index (χ2n) is 5.19. The average molecular weight is 333 g/mol. The van der Waals surface area contributed by atoms with Gasteiger partial charge in [0.2, 0.25) is 5.91 Å². The number of nitrogens with zero attached hydrogens (tertiary/aromatic N) is 1. The molecule has 1 aromatic carbocycles. The molecule has 1 saturated heterocycles. The Hall–Kier alpha value is -1.37. The molecule has 1 atom stereocenters. The van der Waals surface area contributed by atoms with Gasteiger partial charge in [-0.2, -0.15) is 0 Å². The van der Waals surface area contributed by atoms with Gasteiger partial charge in [0.25, 0.3) is 0 Å². The standard InChI is InChI=1S/C15H21FN2O3.ClH/c1-18(11-3-4-13(20-2)12(16)9-11)15(19)14(17)10-5-7-21-8-6-10;/h3-4,9-10,14H,5-8,17H2,1-2H3;1H. The lowest BCUT2D eigenvalue weighted by atomic mass is 9.91. The maximum absolute atomic E-state index is 13.7. The molecule has 0 bridgehead atoms. The molecule has 1 aliphatic heterocycles. The van der Waals surface area contributed by atoms with Gasteiger partial charge in [0.05, 0.1) is 13.2 Å². The average Bonchev–Trinajstić information content (AvgIpc) is 2.53. The third-order valence-corrected chi connectivity index (χ3v) is 3.91. The fraction of sp³-hybridized carbons (Fsp3) is 0.533. The number of halogens is 2. The van der Waals surface area contributed by atoms with E-state index in [1.165, 1.54) is 24.1 Å². The molecule has 1 unspecified atom stereocenters. The molecular weight excluding hydrogens is 311 g/mol. The Morgan fingerprint density at radius 3 is 2.64 bits per heavy atom. The number of likely N-dealkylation sites (N-methyl/N-ethyl adjacent to an activating group) is 1. The fourth-order valence-electron chi connectivity index (χ4n) is 2.49. The van der Waals surface area contributed by atoms with Crippen molar-refractivity contribution in [2.45, 2.75) is 18.9 Å². The summed E-state index contributed by atoms with van der Waals surface area (Å²) in [6, 6.07) is 3.81. The van der Waals surface area contributed by atoms with Crippen molar-refractivity contribution in [1.82, 2.24) is 0 Å². The highest BCUT2D eigenvalue weighted by atomic mass is 35.5. The van der Waals surface area contributed by atoms with E-state index in [0.29, 0.717) is 18.9 Å². The number of benzene rings is 1. The van der Waals surface area contributed by atoms with Crippen LogP contribution in [0.2, 0.25) is 0 Å². The maximum Gasteiger partial charge on any atom is 0.243 e. The van der Waals surface area contributed by atoms with Gasteiger partial charge in [0, 0.05) is 32.0 Å². The largest absolute Gasteiger partial charge is 0.494 e. The summed E-state index contributed by atoms with van der Waals surface area (Å²) < 4.78 is 23.9. The number of hydrogen-bond donors (Lipinski definition) is 1. The van der Waals surface area contributed by atoms with Crippen LogP contribution in [0, 0.1) is 11.7 Å². The SMILES string of the molecule is COc1ccc(N(C)C(=O)C(N)C2CCOCC2)cc1F.Cl. The second kappa shape index (κ2) is 8.31. The molecule has 0 spiro atoms. The summed E-state index contributed by atoms with van der Waals surface area (Å²) >= 11 is 0. The molecule has 7 heteroatoms. The van der Waals surface area contributed by atoms with Crippen LogP contribution in [-0.2, 0) is 9.53 Å². The first-order valence-corrected chi connectivity index (χ1v) is 6.99. The molecule has 2 N–H and O–H groups in total. The minimum atomic E-state index is -0.593. The molecule has 124 valence electrons. The lowest BCUT2D eigenvalue weighted by molar-refractivity contribution is -0.121. The summed E-state index contributed by atoms with van der Waals surface area (Å²) in [5.41, 5.74) is 6.52. The maximum atomic E-state index is 13.7. The van der Waals surface area contributed by atoms with Crippen molar-refractivity contribution >= 4 is 24.0 Å². The van der Waals surface area contributed by atoms with Crippen molar-refractivity contribution in [3.63, 3.8) is 0 Å². The van der Waals surface area contributed by atoms with Gasteiger partial charge >= 0.3 is 0 Å². The van der Waals surface area contributed by atoms with Crippen molar-refractivity contribution in [2.75, 3.05) is 32.3 Å². The molecule has 1 aromatic rings. The normalized spacial score (nSPS) is 16.5. The molecule has 1 heterocycles. The highest BCUT2D eigenvalue weighted by Crippen LogP contribution is 2.25. The Kier molecular flexibility index (Phi) is 7.06. The van der Waals surface area contributed by atoms with Crippen LogP contribution in [0.1, 0.15) is 12.8 Å². The summed E-state index contributed by atoms with van der Waals surface area (Å²) in [4.78, 5) is 13.8. The number of carbonyl (C=O) groups excluding carboxylic acids is 1. The van der Waals surface area contributed by atoms with Gasteiger partial charge in [0.15, 0.2) is 11.6 Å². The molecule has 22 heavy (non-hydrogen) atoms. The molecule has 5 nitrogen and oxygen atoms in total. The molecular formula is C15H22ClFN2O3. The van der Waals surface area contributed by atoms with Gasteiger partial charge in [-0.3, -0.25) is 4.79 Å². The number of ether oxygens (including phenoxy) is 2. The van der Waals surface area contributed by atoms with E-state index in [1.807, 2.05) is 0 Å². The van der Waals surface area contributed by atoms with E-state index in [-0.39, 0.29) is 30.0 Å². The lowest BCUT2D eigenvalue weighted by Gasteiger charge is -2.29. The van der Waals surface area contributed by atoms with Crippen LogP contribution in [0.5, 0.6) is 5.75 Å². The van der Waals surface area contributed by atoms with Gasteiger partial charge in [-0.05, 0) is 30.9 Å². The van der Waals surface area contributed by atoms with Gasteiger partial charge in [-0.25, -0.2) is 4.39 Å². The van der Waals surface area contributed by atoms with Gasteiger partial charge in [-0.15, -0.1) is 12.4 Å². The third kappa shape index (κ3) is 4.09. The Morgan fingerprint density at radius 1 is 1.45 bits per heavy atom. The number of amides is 1. The molecule has 0 radical (unpaired) electrons. The highest BCUT2D eigenvalue weighted by molar-refractivity contribution is 5.96. The minimum absolute atomic E-state index is 0. The van der Waals surface area contributed by atoms with Crippen LogP contribution in [-0.4, -0.2) is 39.3 Å². The number of hydrogen-bond acceptors (Lipinski definition) is 4. The first-order valence-electron chi connectivity index (χ1n) is 6.99. The van der Waals surface area contributed by atoms with Crippen molar-refractivity contribution < 1.29 is 18.7 Å². The van der Waals surface area contributed by atoms with Crippen LogP contribution in [0.25, 0.3) is 0 Å². The zero-order chi connectivity index (χ0) is 15.4. The second-order valence-corrected chi connectivity index (χ2v) is 5.19. The van der Waals surface area contributed by atoms with Crippen LogP contribution in [0.15, 0.2) is 18.2 Å². The van der Waals surface area contributed by atoms with Gasteiger partial charge in [-0.1, -0.05) is 0 Å². The lowest BCUT2D eigenvalue weighted by Crippen LogP contribution is -2.47. The Balaban J connectivity index is 0.00000242. The van der Waals surface area contributed by atoms with Gasteiger partial charge < -0.3 is 20.1 Å². The Labute approximate surface area is 136 Å². The summed E-state index contributed by atoms with van der Waals surface area (Å²) in [6.45, 7) is 1.26. The number of methoxy groups -OCH3 is 1. The Bertz CT molecular complexity index is 510. The van der Waals surface area contributed by atoms with Crippen LogP contribution in [0.4, 0.5) is 10.1 Å². The third-order valence-electron chi connectivity index (χ3n) is 3.91. The predicted molar refractivity (Wildman–Crippen MR) is 85.1 cm³/mol. The quantitative estimate of drug-likeness (QED) is 0.915. The van der Waals surface area contributed by atoms with Crippen LogP contribution in [0.3, 0.4) is 0 Å². The predicted octanol–water partition coefficient (Wildman–Crippen LogP) is 1.97. The van der Waals surface area contributed by atoms with E-state index < -0.39 is 11.9 Å². The first-order chi connectivity index (χ1) is 10.0. The van der Waals surface area contributed by atoms with Gasteiger partial charge in [0.1, 0.15) is 0 Å². The topological polar surface area (TPSA) is 64.8 Å². The highest BCUT2D eigenvalue weighted by Gasteiger charge is 2.29. The van der Waals surface area contributed by atoms with E-state index in [9.17, 15) is 9.18 Å². The van der Waals surface area contributed by atoms with E-state index in [0.717, 1.165) is 12.8 Å². The number of carbonyl (C=O) groups is 1. The summed E-state index contributed by atoms with van der Waals surface area (Å²) in [5, 5.41) is 0. The monoisotopic (exact) mass is 332 g/mol. The number of rotatable bonds is 4. The number of nitrogens with two attached hydrogens (primary N) is 1. The zero-order valence-corrected chi connectivity index (χ0v) is 13.6. The van der Waals surface area contributed by atoms with Crippen molar-refractivity contribution in [2.24, 2.45) is 11.7 Å². The smallest absolute Gasteiger partial charge is 0.243 e. The van der Waals surface area contributed by atoms with Crippen molar-refractivity contribution in [3.05, 3.63) is 24.0 Å². The zero-order valence-electron chi connectivity index (χ0n) is 12.8. The molecule has 0 saturated carbocycles. The molecule has 0 aliphatic carbocycles. The van der Waals surface area contributed by atoms with E-state index in [2.05, 4.69) is 0 Å². The Morgan fingerprint density at radius 2 is 2.09 bits per heavy atom. The first kappa shape index (κ1) is 18.7. The molecule has 1 fully saturated rings. The minimum Gasteiger partial charge on any atom is -0.494 e. The van der Waals surface area contributed by atoms with E-state index >= 15 is 0 Å². The van der Waals surface area contributed by atoms with E-state index in [4.69, 9.17) is 15.2 Å². The number of anilines is 1. The summed E-state index contributed by atoms with van der Waals surface area (Å²) in [5.74, 6) is -0.467. The summed E-state index contributed by atoms with van der Waals surface area (Å²) in [6.07, 6.45) is 1.55.